The number of thioether (sulfide) groups is 1. The van der Waals surface area contributed by atoms with Crippen LogP contribution in [-0.2, 0) is 11.3 Å². The lowest BCUT2D eigenvalue weighted by molar-refractivity contribution is -0.119. The molecule has 1 atom stereocenters. The first-order valence-corrected chi connectivity index (χ1v) is 10.1. The molecule has 6 nitrogen and oxygen atoms in total. The number of imide groups is 1. The Morgan fingerprint density at radius 1 is 1.19 bits per heavy atom. The molecular formula is C19H20N4O2S2. The van der Waals surface area contributed by atoms with E-state index in [1.54, 1.807) is 18.3 Å². The van der Waals surface area contributed by atoms with E-state index in [0.717, 1.165) is 26.4 Å². The fourth-order valence-electron chi connectivity index (χ4n) is 2.50. The summed E-state index contributed by atoms with van der Waals surface area (Å²) in [6.07, 6.45) is 1.51. The summed E-state index contributed by atoms with van der Waals surface area (Å²) in [7, 11) is 0. The molecule has 0 unspecified atom stereocenters. The van der Waals surface area contributed by atoms with Crippen molar-refractivity contribution in [2.75, 3.05) is 0 Å². The van der Waals surface area contributed by atoms with E-state index in [-0.39, 0.29) is 5.91 Å². The minimum absolute atomic E-state index is 0.359. The van der Waals surface area contributed by atoms with Gasteiger partial charge < -0.3 is 5.32 Å². The van der Waals surface area contributed by atoms with Crippen molar-refractivity contribution in [2.24, 2.45) is 0 Å². The summed E-state index contributed by atoms with van der Waals surface area (Å²) in [5.74, 6) is -0.359. The minimum atomic E-state index is -0.508. The minimum Gasteiger partial charge on any atom is -0.334 e. The highest BCUT2D eigenvalue weighted by molar-refractivity contribution is 8.00. The zero-order chi connectivity index (χ0) is 19.4. The quantitative estimate of drug-likeness (QED) is 0.502. The Morgan fingerprint density at radius 2 is 1.93 bits per heavy atom. The number of fused-ring (bicyclic) bond motifs is 1. The van der Waals surface area contributed by atoms with E-state index in [9.17, 15) is 9.59 Å². The van der Waals surface area contributed by atoms with Gasteiger partial charge in [0, 0.05) is 16.8 Å². The maximum atomic E-state index is 12.4. The summed E-state index contributed by atoms with van der Waals surface area (Å²) < 4.78 is 0. The molecule has 2 aromatic heterocycles. The van der Waals surface area contributed by atoms with E-state index in [4.69, 9.17) is 0 Å². The van der Waals surface area contributed by atoms with Crippen molar-refractivity contribution in [2.45, 2.75) is 37.6 Å². The van der Waals surface area contributed by atoms with Crippen LogP contribution in [-0.4, -0.2) is 27.2 Å². The Hall–Kier alpha value is -2.45. The van der Waals surface area contributed by atoms with Gasteiger partial charge in [0.15, 0.2) is 0 Å². The number of amides is 3. The largest absolute Gasteiger partial charge is 0.334 e. The lowest BCUT2D eigenvalue weighted by atomic mass is 10.2. The first kappa shape index (κ1) is 19.3. The number of urea groups is 1. The highest BCUT2D eigenvalue weighted by Gasteiger charge is 2.20. The van der Waals surface area contributed by atoms with Crippen LogP contribution in [0.25, 0.3) is 10.2 Å². The van der Waals surface area contributed by atoms with Crippen LogP contribution >= 0.6 is 23.1 Å². The van der Waals surface area contributed by atoms with Gasteiger partial charge in [0.1, 0.15) is 16.2 Å². The van der Waals surface area contributed by atoms with Crippen LogP contribution in [0.3, 0.4) is 0 Å². The standard InChI is InChI=1S/C19H20N4O2S2/c1-11-12(2)26-17-15(11)18(22-10-21-17)27-13(3)16(24)23-19(25)20-9-14-7-5-4-6-8-14/h4-8,10,13H,9H2,1-3H3,(H2,20,23,24,25)/t13-/m0/s1. The SMILES string of the molecule is Cc1sc2ncnc(S[C@@H](C)C(=O)NC(=O)NCc3ccccc3)c2c1C. The number of thiophene rings is 1. The van der Waals surface area contributed by atoms with Crippen LogP contribution in [0.2, 0.25) is 0 Å². The second-order valence-electron chi connectivity index (χ2n) is 6.06. The number of benzene rings is 1. The summed E-state index contributed by atoms with van der Waals surface area (Å²) >= 11 is 2.94. The van der Waals surface area contributed by atoms with E-state index in [0.29, 0.717) is 6.54 Å². The number of hydrogen-bond donors (Lipinski definition) is 2. The zero-order valence-corrected chi connectivity index (χ0v) is 16.9. The maximum Gasteiger partial charge on any atom is 0.321 e. The molecule has 0 fully saturated rings. The number of carbonyl (C=O) groups excluding carboxylic acids is 2. The van der Waals surface area contributed by atoms with Gasteiger partial charge >= 0.3 is 6.03 Å². The average Bonchev–Trinajstić information content (AvgIpc) is 2.96. The van der Waals surface area contributed by atoms with Crippen molar-refractivity contribution < 1.29 is 9.59 Å². The van der Waals surface area contributed by atoms with Gasteiger partial charge in [0.25, 0.3) is 0 Å². The van der Waals surface area contributed by atoms with Crippen molar-refractivity contribution in [1.82, 2.24) is 20.6 Å². The highest BCUT2D eigenvalue weighted by Crippen LogP contribution is 2.35. The van der Waals surface area contributed by atoms with Gasteiger partial charge in [0.2, 0.25) is 5.91 Å². The van der Waals surface area contributed by atoms with E-state index in [1.807, 2.05) is 44.2 Å². The number of aryl methyl sites for hydroxylation is 2. The molecule has 0 bridgehead atoms. The normalized spacial score (nSPS) is 12.0. The second-order valence-corrected chi connectivity index (χ2v) is 8.59. The zero-order valence-electron chi connectivity index (χ0n) is 15.3. The Morgan fingerprint density at radius 3 is 2.67 bits per heavy atom. The molecule has 2 N–H and O–H groups in total. The summed E-state index contributed by atoms with van der Waals surface area (Å²) in [5, 5.41) is 6.35. The summed E-state index contributed by atoms with van der Waals surface area (Å²) in [6.45, 7) is 6.20. The van der Waals surface area contributed by atoms with Gasteiger partial charge in [-0.25, -0.2) is 14.8 Å². The van der Waals surface area contributed by atoms with Crippen molar-refractivity contribution in [3.8, 4) is 0 Å². The van der Waals surface area contributed by atoms with Crippen LogP contribution in [0.4, 0.5) is 4.79 Å². The molecule has 3 rings (SSSR count). The van der Waals surface area contributed by atoms with E-state index in [2.05, 4.69) is 20.6 Å². The number of nitrogens with zero attached hydrogens (tertiary/aromatic N) is 2. The smallest absolute Gasteiger partial charge is 0.321 e. The van der Waals surface area contributed by atoms with Gasteiger partial charge in [-0.05, 0) is 31.9 Å². The van der Waals surface area contributed by atoms with Gasteiger partial charge in [-0.3, -0.25) is 10.1 Å². The third-order valence-electron chi connectivity index (χ3n) is 4.12. The first-order valence-electron chi connectivity index (χ1n) is 8.45. The summed E-state index contributed by atoms with van der Waals surface area (Å²) in [4.78, 5) is 35.1. The Labute approximate surface area is 165 Å². The fourth-order valence-corrected chi connectivity index (χ4v) is 4.53. The maximum absolute atomic E-state index is 12.4. The monoisotopic (exact) mass is 400 g/mol. The molecule has 0 saturated heterocycles. The van der Waals surface area contributed by atoms with Crippen LogP contribution in [0.1, 0.15) is 22.9 Å². The van der Waals surface area contributed by atoms with E-state index in [1.165, 1.54) is 23.0 Å². The van der Waals surface area contributed by atoms with Crippen molar-refractivity contribution in [1.29, 1.82) is 0 Å². The summed E-state index contributed by atoms with van der Waals surface area (Å²) in [6, 6.07) is 9.02. The molecule has 0 aliphatic rings. The van der Waals surface area contributed by atoms with Crippen LogP contribution in [0, 0.1) is 13.8 Å². The first-order chi connectivity index (χ1) is 13.0. The van der Waals surface area contributed by atoms with Crippen LogP contribution in [0.15, 0.2) is 41.7 Å². The number of rotatable bonds is 5. The molecule has 2 heterocycles. The molecule has 0 aliphatic carbocycles. The highest BCUT2D eigenvalue weighted by atomic mass is 32.2. The fraction of sp³-hybridized carbons (Fsp3) is 0.263. The molecule has 1 aromatic carbocycles. The second kappa shape index (κ2) is 8.49. The Bertz CT molecular complexity index is 973. The van der Waals surface area contributed by atoms with E-state index >= 15 is 0 Å². The Kier molecular flexibility index (Phi) is 6.08. The van der Waals surface area contributed by atoms with Crippen LogP contribution < -0.4 is 10.6 Å². The van der Waals surface area contributed by atoms with Crippen LogP contribution in [0.5, 0.6) is 0 Å². The topological polar surface area (TPSA) is 84.0 Å². The lowest BCUT2D eigenvalue weighted by Crippen LogP contribution is -2.42. The molecule has 3 aromatic rings. The molecule has 8 heteroatoms. The number of hydrogen-bond acceptors (Lipinski definition) is 6. The third kappa shape index (κ3) is 4.64. The van der Waals surface area contributed by atoms with Gasteiger partial charge in [-0.1, -0.05) is 42.1 Å². The molecule has 3 amide bonds. The molecular weight excluding hydrogens is 380 g/mol. The molecule has 0 radical (unpaired) electrons. The lowest BCUT2D eigenvalue weighted by Gasteiger charge is -2.12. The van der Waals surface area contributed by atoms with Gasteiger partial charge in [-0.15, -0.1) is 11.3 Å². The number of aromatic nitrogens is 2. The summed E-state index contributed by atoms with van der Waals surface area (Å²) in [5.41, 5.74) is 2.10. The number of carbonyl (C=O) groups is 2. The van der Waals surface area contributed by atoms with Gasteiger partial charge in [0.05, 0.1) is 5.25 Å². The van der Waals surface area contributed by atoms with Crippen molar-refractivity contribution >= 4 is 45.3 Å². The average molecular weight is 401 g/mol. The molecule has 0 saturated carbocycles. The predicted octanol–water partition coefficient (Wildman–Crippen LogP) is 3.81. The molecule has 0 spiro atoms. The van der Waals surface area contributed by atoms with E-state index < -0.39 is 11.3 Å². The molecule has 27 heavy (non-hydrogen) atoms. The van der Waals surface area contributed by atoms with Gasteiger partial charge in [-0.2, -0.15) is 0 Å². The third-order valence-corrected chi connectivity index (χ3v) is 6.34. The predicted molar refractivity (Wildman–Crippen MR) is 109 cm³/mol. The van der Waals surface area contributed by atoms with Crippen molar-refractivity contribution in [3.05, 3.63) is 52.7 Å². The molecule has 0 aliphatic heterocycles. The number of nitrogens with one attached hydrogen (secondary N) is 2. The Balaban J connectivity index is 1.60. The molecule has 140 valence electrons. The van der Waals surface area contributed by atoms with Crippen molar-refractivity contribution in [3.63, 3.8) is 0 Å².